The molecule has 9 heteroatoms. The lowest BCUT2D eigenvalue weighted by Gasteiger charge is -2.08. The molecule has 0 atom stereocenters. The number of benzene rings is 1. The van der Waals surface area contributed by atoms with E-state index in [1.54, 1.807) is 18.2 Å². The molecule has 2 aromatic rings. The minimum atomic E-state index is -3.45. The Morgan fingerprint density at radius 3 is 2.83 bits per heavy atom. The van der Waals surface area contributed by atoms with Crippen LogP contribution in [0.4, 0.5) is 0 Å². The minimum absolute atomic E-state index is 0.0209. The summed E-state index contributed by atoms with van der Waals surface area (Å²) in [5.74, 6) is 0.552. The summed E-state index contributed by atoms with van der Waals surface area (Å²) < 4.78 is 36.7. The van der Waals surface area contributed by atoms with Crippen molar-refractivity contribution in [1.29, 1.82) is 0 Å². The Balaban J connectivity index is 1.47. The van der Waals surface area contributed by atoms with Gasteiger partial charge in [0.2, 0.25) is 16.8 Å². The second-order valence-corrected chi connectivity index (χ2v) is 8.00. The summed E-state index contributed by atoms with van der Waals surface area (Å²) in [5, 5.41) is 4.47. The normalized spacial score (nSPS) is 13.0. The number of carbonyl (C=O) groups is 1. The average Bonchev–Trinajstić information content (AvgIpc) is 3.23. The fourth-order valence-electron chi connectivity index (χ4n) is 2.11. The smallest absolute Gasteiger partial charge is 0.251 e. The number of fused-ring (bicyclic) bond motifs is 1. The van der Waals surface area contributed by atoms with E-state index in [9.17, 15) is 13.2 Å². The third-order valence-electron chi connectivity index (χ3n) is 3.34. The van der Waals surface area contributed by atoms with Gasteiger partial charge in [0, 0.05) is 23.5 Å². The van der Waals surface area contributed by atoms with Crippen LogP contribution in [0.15, 0.2) is 35.7 Å². The first kappa shape index (κ1) is 16.7. The van der Waals surface area contributed by atoms with E-state index in [4.69, 9.17) is 9.47 Å². The number of hydrogen-bond acceptors (Lipinski definition) is 6. The van der Waals surface area contributed by atoms with Crippen LogP contribution >= 0.6 is 11.3 Å². The Morgan fingerprint density at radius 1 is 1.21 bits per heavy atom. The van der Waals surface area contributed by atoms with Gasteiger partial charge in [0.1, 0.15) is 0 Å². The molecule has 128 valence electrons. The second-order valence-electron chi connectivity index (χ2n) is 5.04. The molecule has 24 heavy (non-hydrogen) atoms. The van der Waals surface area contributed by atoms with Crippen molar-refractivity contribution in [3.05, 3.63) is 46.2 Å². The average molecular weight is 368 g/mol. The van der Waals surface area contributed by atoms with E-state index in [1.165, 1.54) is 11.3 Å². The Kier molecular flexibility index (Phi) is 5.03. The molecule has 0 spiro atoms. The number of nitrogens with one attached hydrogen (secondary N) is 2. The molecular weight excluding hydrogens is 352 g/mol. The molecule has 3 rings (SSSR count). The Morgan fingerprint density at radius 2 is 2.04 bits per heavy atom. The topological polar surface area (TPSA) is 93.7 Å². The van der Waals surface area contributed by atoms with Crippen LogP contribution in [0.25, 0.3) is 0 Å². The van der Waals surface area contributed by atoms with Gasteiger partial charge in [0.15, 0.2) is 11.5 Å². The van der Waals surface area contributed by atoms with Gasteiger partial charge in [-0.05, 0) is 29.6 Å². The highest BCUT2D eigenvalue weighted by Crippen LogP contribution is 2.32. The maximum Gasteiger partial charge on any atom is 0.251 e. The van der Waals surface area contributed by atoms with Crippen molar-refractivity contribution >= 4 is 27.3 Å². The zero-order valence-corrected chi connectivity index (χ0v) is 14.3. The van der Waals surface area contributed by atoms with Gasteiger partial charge in [0.25, 0.3) is 5.91 Å². The molecule has 1 aliphatic heterocycles. The van der Waals surface area contributed by atoms with Crippen LogP contribution in [0, 0.1) is 0 Å². The molecule has 2 N–H and O–H groups in total. The number of hydrogen-bond donors (Lipinski definition) is 2. The molecule has 7 nitrogen and oxygen atoms in total. The summed E-state index contributed by atoms with van der Waals surface area (Å²) in [7, 11) is -3.45. The first-order chi connectivity index (χ1) is 11.5. The van der Waals surface area contributed by atoms with Crippen molar-refractivity contribution in [2.45, 2.75) is 6.54 Å². The van der Waals surface area contributed by atoms with Gasteiger partial charge < -0.3 is 14.8 Å². The lowest BCUT2D eigenvalue weighted by molar-refractivity contribution is 0.0955. The fraction of sp³-hybridized carbons (Fsp3) is 0.267. The van der Waals surface area contributed by atoms with Crippen LogP contribution in [0.1, 0.15) is 15.2 Å². The molecule has 0 saturated heterocycles. The summed E-state index contributed by atoms with van der Waals surface area (Å²) in [4.78, 5) is 13.0. The van der Waals surface area contributed by atoms with Crippen LogP contribution < -0.4 is 19.5 Å². The lowest BCUT2D eigenvalue weighted by atomic mass is 10.2. The molecule has 0 aliphatic carbocycles. The Hall–Kier alpha value is -2.10. The molecule has 2 heterocycles. The van der Waals surface area contributed by atoms with Crippen LogP contribution in [0.5, 0.6) is 11.5 Å². The van der Waals surface area contributed by atoms with E-state index in [-0.39, 0.29) is 31.5 Å². The van der Waals surface area contributed by atoms with Gasteiger partial charge in [-0.2, -0.15) is 0 Å². The number of thiophene rings is 1. The van der Waals surface area contributed by atoms with Gasteiger partial charge in [-0.1, -0.05) is 6.07 Å². The predicted molar refractivity (Wildman–Crippen MR) is 89.8 cm³/mol. The Bertz CT molecular complexity index is 818. The van der Waals surface area contributed by atoms with E-state index in [0.29, 0.717) is 17.1 Å². The number of sulfonamides is 1. The lowest BCUT2D eigenvalue weighted by Crippen LogP contribution is -2.34. The fourth-order valence-corrected chi connectivity index (χ4v) is 3.73. The molecule has 0 saturated carbocycles. The molecule has 1 aromatic heterocycles. The number of carbonyl (C=O) groups excluding carboxylic acids is 1. The van der Waals surface area contributed by atoms with E-state index in [1.807, 2.05) is 17.5 Å². The van der Waals surface area contributed by atoms with Gasteiger partial charge in [-0.25, -0.2) is 13.1 Å². The predicted octanol–water partition coefficient (Wildman–Crippen LogP) is 1.33. The molecule has 1 aromatic carbocycles. The van der Waals surface area contributed by atoms with Gasteiger partial charge >= 0.3 is 0 Å². The summed E-state index contributed by atoms with van der Waals surface area (Å²) >= 11 is 1.48. The maximum atomic E-state index is 12.1. The Labute approximate surface area is 143 Å². The van der Waals surface area contributed by atoms with Crippen LogP contribution in [-0.4, -0.2) is 33.4 Å². The van der Waals surface area contributed by atoms with Gasteiger partial charge in [-0.15, -0.1) is 11.3 Å². The third kappa shape index (κ3) is 4.25. The van der Waals surface area contributed by atoms with E-state index in [2.05, 4.69) is 10.0 Å². The minimum Gasteiger partial charge on any atom is -0.454 e. The molecule has 1 aliphatic rings. The van der Waals surface area contributed by atoms with Crippen LogP contribution in [-0.2, 0) is 16.6 Å². The molecule has 0 fully saturated rings. The number of rotatable bonds is 7. The second kappa shape index (κ2) is 7.20. The molecular formula is C15H16N2O5S2. The first-order valence-corrected chi connectivity index (χ1v) is 9.74. The standard InChI is InChI=1S/C15H16N2O5S2/c18-15(11-3-4-13-14(8-11)22-10-21-13)16-5-7-24(19,20)17-9-12-2-1-6-23-12/h1-4,6,8,17H,5,7,9-10H2,(H,16,18). The van der Waals surface area contributed by atoms with E-state index < -0.39 is 10.0 Å². The highest BCUT2D eigenvalue weighted by Gasteiger charge is 2.17. The zero-order valence-electron chi connectivity index (χ0n) is 12.7. The summed E-state index contributed by atoms with van der Waals surface area (Å²) in [6, 6.07) is 8.54. The quantitative estimate of drug-likeness (QED) is 0.769. The van der Waals surface area contributed by atoms with E-state index in [0.717, 1.165) is 4.88 Å². The first-order valence-electron chi connectivity index (χ1n) is 7.21. The highest BCUT2D eigenvalue weighted by atomic mass is 32.2. The van der Waals surface area contributed by atoms with Crippen molar-refractivity contribution in [1.82, 2.24) is 10.0 Å². The third-order valence-corrected chi connectivity index (χ3v) is 5.54. The maximum absolute atomic E-state index is 12.1. The molecule has 0 unspecified atom stereocenters. The number of amides is 1. The zero-order chi connectivity index (χ0) is 17.0. The monoisotopic (exact) mass is 368 g/mol. The van der Waals surface area contributed by atoms with Crippen molar-refractivity contribution in [3.63, 3.8) is 0 Å². The highest BCUT2D eigenvalue weighted by molar-refractivity contribution is 7.89. The molecule has 0 radical (unpaired) electrons. The molecule has 1 amide bonds. The summed E-state index contributed by atoms with van der Waals surface area (Å²) in [5.41, 5.74) is 0.392. The van der Waals surface area contributed by atoms with Crippen molar-refractivity contribution in [2.75, 3.05) is 19.1 Å². The molecule has 0 bridgehead atoms. The summed E-state index contributed by atoms with van der Waals surface area (Å²) in [6.07, 6.45) is 0. The largest absolute Gasteiger partial charge is 0.454 e. The SMILES string of the molecule is O=C(NCCS(=O)(=O)NCc1cccs1)c1ccc2c(c1)OCO2. The van der Waals surface area contributed by atoms with Crippen molar-refractivity contribution < 1.29 is 22.7 Å². The summed E-state index contributed by atoms with van der Waals surface area (Å²) in [6.45, 7) is 0.414. The number of ether oxygens (including phenoxy) is 2. The van der Waals surface area contributed by atoms with Crippen LogP contribution in [0.3, 0.4) is 0 Å². The van der Waals surface area contributed by atoms with E-state index >= 15 is 0 Å². The van der Waals surface area contributed by atoms with Gasteiger partial charge in [-0.3, -0.25) is 4.79 Å². The van der Waals surface area contributed by atoms with Crippen molar-refractivity contribution in [3.8, 4) is 11.5 Å². The van der Waals surface area contributed by atoms with Crippen molar-refractivity contribution in [2.24, 2.45) is 0 Å². The van der Waals surface area contributed by atoms with Gasteiger partial charge in [0.05, 0.1) is 5.75 Å². The van der Waals surface area contributed by atoms with Crippen LogP contribution in [0.2, 0.25) is 0 Å².